The van der Waals surface area contributed by atoms with Gasteiger partial charge < -0.3 is 24.6 Å². The third kappa shape index (κ3) is 4.65. The maximum atomic E-state index is 13.4. The van der Waals surface area contributed by atoms with Crippen LogP contribution in [0.1, 0.15) is 33.6 Å². The molecule has 3 aliphatic rings. The summed E-state index contributed by atoms with van der Waals surface area (Å²) in [7, 11) is -4.85. The number of hydrogen-bond acceptors (Lipinski definition) is 7. The van der Waals surface area contributed by atoms with Crippen molar-refractivity contribution in [3.05, 3.63) is 53.6 Å². The Morgan fingerprint density at radius 1 is 1.00 bits per heavy atom. The van der Waals surface area contributed by atoms with Crippen molar-refractivity contribution in [1.29, 1.82) is 0 Å². The lowest BCUT2D eigenvalue weighted by Gasteiger charge is -2.48. The van der Waals surface area contributed by atoms with Crippen molar-refractivity contribution in [2.24, 2.45) is 0 Å². The number of morpholine rings is 1. The van der Waals surface area contributed by atoms with Gasteiger partial charge in [-0.15, -0.1) is 3.89 Å². The molecule has 0 aliphatic carbocycles. The average Bonchev–Trinajstić information content (AvgIpc) is 2.87. The van der Waals surface area contributed by atoms with Gasteiger partial charge in [-0.3, -0.25) is 14.4 Å². The first-order valence-corrected chi connectivity index (χ1v) is 12.9. The number of fused-ring (bicyclic) bond motifs is 1. The molecule has 2 fully saturated rings. The van der Waals surface area contributed by atoms with Crippen molar-refractivity contribution in [2.75, 3.05) is 44.7 Å². The minimum atomic E-state index is -4.85. The van der Waals surface area contributed by atoms with Gasteiger partial charge in [0.05, 0.1) is 35.8 Å². The van der Waals surface area contributed by atoms with Gasteiger partial charge in [-0.1, -0.05) is 6.07 Å². The molecule has 12 heteroatoms. The van der Waals surface area contributed by atoms with E-state index in [0.29, 0.717) is 42.9 Å². The lowest BCUT2D eigenvalue weighted by molar-refractivity contribution is -0.126. The normalized spacial score (nSPS) is 22.0. The molecule has 3 aliphatic heterocycles. The third-order valence-electron chi connectivity index (χ3n) is 6.61. The second kappa shape index (κ2) is 9.17. The van der Waals surface area contributed by atoms with E-state index in [4.69, 9.17) is 9.47 Å². The van der Waals surface area contributed by atoms with Gasteiger partial charge in [-0.25, -0.2) is 0 Å². The molecule has 1 atom stereocenters. The van der Waals surface area contributed by atoms with Crippen LogP contribution in [0.15, 0.2) is 47.4 Å². The minimum Gasteiger partial charge on any atom is -0.481 e. The summed E-state index contributed by atoms with van der Waals surface area (Å²) in [5.41, 5.74) is 0.268. The van der Waals surface area contributed by atoms with Crippen molar-refractivity contribution >= 4 is 33.6 Å². The highest BCUT2D eigenvalue weighted by molar-refractivity contribution is 7.86. The molecule has 0 saturated carbocycles. The second-order valence-electron chi connectivity index (χ2n) is 9.07. The van der Waals surface area contributed by atoms with E-state index >= 15 is 0 Å². The summed E-state index contributed by atoms with van der Waals surface area (Å²) in [6.45, 7) is 1.47. The first-order chi connectivity index (χ1) is 17.2. The number of anilines is 1. The summed E-state index contributed by atoms with van der Waals surface area (Å²) in [6.07, 6.45) is 1.32. The van der Waals surface area contributed by atoms with E-state index in [1.54, 1.807) is 28.0 Å². The Kier molecular flexibility index (Phi) is 6.17. The highest BCUT2D eigenvalue weighted by Crippen LogP contribution is 2.35. The van der Waals surface area contributed by atoms with Crippen molar-refractivity contribution in [1.82, 2.24) is 9.80 Å². The number of nitrogens with zero attached hydrogens (tertiary/aromatic N) is 2. The van der Waals surface area contributed by atoms with Gasteiger partial charge in [0.15, 0.2) is 12.4 Å². The number of piperidine rings is 1. The number of amides is 3. The lowest BCUT2D eigenvalue weighted by atomic mass is 9.90. The van der Waals surface area contributed by atoms with Crippen molar-refractivity contribution in [2.45, 2.75) is 23.3 Å². The molecule has 190 valence electrons. The fraction of sp³-hybridized carbons (Fsp3) is 0.375. The number of rotatable bonds is 3. The molecule has 10 nitrogen and oxygen atoms in total. The molecule has 36 heavy (non-hydrogen) atoms. The van der Waals surface area contributed by atoms with E-state index in [0.717, 1.165) is 12.1 Å². The average molecular weight is 518 g/mol. The van der Waals surface area contributed by atoms with Crippen LogP contribution in [0.4, 0.5) is 9.57 Å². The number of nitrogens with one attached hydrogen (secondary N) is 1. The summed E-state index contributed by atoms with van der Waals surface area (Å²) < 4.78 is 47.0. The SMILES string of the molecule is O=C1COc2c(cccc2C(=O)N2CCCC3(CN(C(=O)c4ccc(S(=O)(=O)F)cc4)CCO3)C2)N1. The summed E-state index contributed by atoms with van der Waals surface area (Å²) in [4.78, 5) is 41.0. The standard InChI is InChI=1S/C24H24FN3O7S/c25-36(32,33)17-7-5-16(6-8-17)22(30)28-11-12-35-24(15-28)9-2-10-27(14-24)23(31)18-3-1-4-19-21(18)34-13-20(29)26-19/h1,3-8H,2,9-15H2,(H,26,29). The predicted octanol–water partition coefficient (Wildman–Crippen LogP) is 1.82. The zero-order chi connectivity index (χ0) is 25.5. The number of carbonyl (C=O) groups excluding carboxylic acids is 3. The van der Waals surface area contributed by atoms with Gasteiger partial charge in [0.25, 0.3) is 17.7 Å². The fourth-order valence-electron chi connectivity index (χ4n) is 4.93. The molecule has 2 saturated heterocycles. The summed E-state index contributed by atoms with van der Waals surface area (Å²) in [5, 5.41) is 2.70. The number of carbonyl (C=O) groups is 3. The van der Waals surface area contributed by atoms with Crippen molar-refractivity contribution < 1.29 is 36.2 Å². The predicted molar refractivity (Wildman–Crippen MR) is 125 cm³/mol. The Bertz CT molecular complexity index is 1330. The molecule has 1 unspecified atom stereocenters. The zero-order valence-corrected chi connectivity index (χ0v) is 20.1. The second-order valence-corrected chi connectivity index (χ2v) is 10.4. The smallest absolute Gasteiger partial charge is 0.332 e. The highest BCUT2D eigenvalue weighted by Gasteiger charge is 2.43. The number of halogens is 1. The maximum absolute atomic E-state index is 13.4. The van der Waals surface area contributed by atoms with Crippen LogP contribution in [0, 0.1) is 0 Å². The van der Waals surface area contributed by atoms with Gasteiger partial charge >= 0.3 is 10.2 Å². The zero-order valence-electron chi connectivity index (χ0n) is 19.2. The van der Waals surface area contributed by atoms with Gasteiger partial charge in [0.1, 0.15) is 5.60 Å². The van der Waals surface area contributed by atoms with Crippen LogP contribution in [0.2, 0.25) is 0 Å². The number of hydrogen-bond donors (Lipinski definition) is 1. The Morgan fingerprint density at radius 2 is 1.72 bits per heavy atom. The molecule has 3 heterocycles. The van der Waals surface area contributed by atoms with Gasteiger partial charge in [-0.05, 0) is 49.2 Å². The Labute approximate surface area is 207 Å². The van der Waals surface area contributed by atoms with Crippen molar-refractivity contribution in [3.63, 3.8) is 0 Å². The molecule has 5 rings (SSSR count). The third-order valence-corrected chi connectivity index (χ3v) is 7.45. The Morgan fingerprint density at radius 3 is 2.44 bits per heavy atom. The molecule has 3 amide bonds. The largest absolute Gasteiger partial charge is 0.481 e. The van der Waals surface area contributed by atoms with Crippen LogP contribution in [0.25, 0.3) is 0 Å². The molecule has 0 radical (unpaired) electrons. The van der Waals surface area contributed by atoms with Crippen LogP contribution >= 0.6 is 0 Å². The van der Waals surface area contributed by atoms with Crippen LogP contribution in [0.5, 0.6) is 5.75 Å². The van der Waals surface area contributed by atoms with E-state index in [1.807, 2.05) is 0 Å². The van der Waals surface area contributed by atoms with Crippen LogP contribution < -0.4 is 10.1 Å². The summed E-state index contributed by atoms with van der Waals surface area (Å²) in [6, 6.07) is 9.69. The number of para-hydroxylation sites is 1. The molecular formula is C24H24FN3O7S. The molecule has 1 spiro atoms. The monoisotopic (exact) mass is 517 g/mol. The summed E-state index contributed by atoms with van der Waals surface area (Å²) >= 11 is 0. The van der Waals surface area contributed by atoms with E-state index in [-0.39, 0.29) is 49.6 Å². The number of benzene rings is 2. The maximum Gasteiger partial charge on any atom is 0.332 e. The van der Waals surface area contributed by atoms with Crippen molar-refractivity contribution in [3.8, 4) is 5.75 Å². The molecule has 0 bridgehead atoms. The molecule has 1 N–H and O–H groups in total. The Balaban J connectivity index is 1.32. The topological polar surface area (TPSA) is 122 Å². The van der Waals surface area contributed by atoms with E-state index in [2.05, 4.69) is 5.32 Å². The van der Waals surface area contributed by atoms with Crippen LogP contribution in [-0.4, -0.2) is 80.9 Å². The van der Waals surface area contributed by atoms with Crippen LogP contribution in [-0.2, 0) is 19.8 Å². The van der Waals surface area contributed by atoms with E-state index < -0.39 is 20.7 Å². The molecule has 2 aromatic carbocycles. The summed E-state index contributed by atoms with van der Waals surface area (Å²) in [5.74, 6) is -0.533. The van der Waals surface area contributed by atoms with E-state index in [9.17, 15) is 26.7 Å². The van der Waals surface area contributed by atoms with Crippen LogP contribution in [0.3, 0.4) is 0 Å². The fourth-order valence-corrected chi connectivity index (χ4v) is 5.39. The number of likely N-dealkylation sites (tertiary alicyclic amines) is 1. The van der Waals surface area contributed by atoms with Gasteiger partial charge in [0, 0.05) is 18.7 Å². The minimum absolute atomic E-state index is 0.167. The van der Waals surface area contributed by atoms with Gasteiger partial charge in [-0.2, -0.15) is 8.42 Å². The molecule has 2 aromatic rings. The first kappa shape index (κ1) is 24.2. The quantitative estimate of drug-likeness (QED) is 0.617. The van der Waals surface area contributed by atoms with E-state index in [1.165, 1.54) is 12.1 Å². The molecular weight excluding hydrogens is 493 g/mol. The number of ether oxygens (including phenoxy) is 2. The molecule has 0 aromatic heterocycles. The Hall–Kier alpha value is -3.51. The first-order valence-electron chi connectivity index (χ1n) is 11.5. The highest BCUT2D eigenvalue weighted by atomic mass is 32.3. The lowest BCUT2D eigenvalue weighted by Crippen LogP contribution is -2.61. The van der Waals surface area contributed by atoms with Gasteiger partial charge in [0.2, 0.25) is 0 Å².